The zero-order valence-corrected chi connectivity index (χ0v) is 18.4. The van der Waals surface area contributed by atoms with Gasteiger partial charge in [0.05, 0.1) is 0 Å². The number of rotatable bonds is 1. The lowest BCUT2D eigenvalue weighted by Crippen LogP contribution is -2.43. The van der Waals surface area contributed by atoms with Crippen LogP contribution in [-0.2, 0) is 9.59 Å². The molecule has 1 aromatic rings. The normalized spacial score (nSPS) is 24.9. The molecule has 0 saturated heterocycles. The second-order valence-electron chi connectivity index (χ2n) is 10.7. The van der Waals surface area contributed by atoms with Gasteiger partial charge in [0.25, 0.3) is 0 Å². The van der Waals surface area contributed by atoms with Crippen LogP contribution >= 0.6 is 0 Å². The summed E-state index contributed by atoms with van der Waals surface area (Å²) >= 11 is 0. The Bertz CT molecular complexity index is 989. The first-order valence-corrected chi connectivity index (χ1v) is 10.7. The fraction of sp³-hybridized carbons (Fsp3) is 0.520. The van der Waals surface area contributed by atoms with Gasteiger partial charge in [0.15, 0.2) is 23.1 Å². The van der Waals surface area contributed by atoms with Gasteiger partial charge in [0.2, 0.25) is 6.79 Å². The lowest BCUT2D eigenvalue weighted by atomic mass is 9.64. The van der Waals surface area contributed by atoms with Gasteiger partial charge < -0.3 is 14.4 Å². The molecule has 2 aliphatic heterocycles. The summed E-state index contributed by atoms with van der Waals surface area (Å²) in [5, 5.41) is 0. The molecule has 158 valence electrons. The smallest absolute Gasteiger partial charge is 0.231 e. The van der Waals surface area contributed by atoms with E-state index in [4.69, 9.17) is 9.47 Å². The van der Waals surface area contributed by atoms with Gasteiger partial charge in [-0.15, -0.1) is 0 Å². The Kier molecular flexibility index (Phi) is 4.03. The molecule has 2 heterocycles. The van der Waals surface area contributed by atoms with Crippen molar-refractivity contribution in [1.29, 1.82) is 0 Å². The number of fused-ring (bicyclic) bond motifs is 1. The third-order valence-electron chi connectivity index (χ3n) is 6.91. The van der Waals surface area contributed by atoms with E-state index in [9.17, 15) is 9.59 Å². The lowest BCUT2D eigenvalue weighted by Gasteiger charge is -2.47. The molecular formula is C25H29NO4. The first-order chi connectivity index (χ1) is 14.1. The predicted molar refractivity (Wildman–Crippen MR) is 113 cm³/mol. The van der Waals surface area contributed by atoms with E-state index in [1.54, 1.807) is 0 Å². The van der Waals surface area contributed by atoms with Crippen molar-refractivity contribution < 1.29 is 19.1 Å². The van der Waals surface area contributed by atoms with E-state index < -0.39 is 0 Å². The number of ether oxygens (including phenoxy) is 2. The summed E-state index contributed by atoms with van der Waals surface area (Å²) in [4.78, 5) is 29.0. The number of carbonyl (C=O) groups excluding carboxylic acids is 2. The molecule has 0 bridgehead atoms. The predicted octanol–water partition coefficient (Wildman–Crippen LogP) is 4.73. The maximum atomic E-state index is 13.4. The van der Waals surface area contributed by atoms with E-state index in [-0.39, 0.29) is 35.1 Å². The van der Waals surface area contributed by atoms with E-state index >= 15 is 0 Å². The summed E-state index contributed by atoms with van der Waals surface area (Å²) in [6, 6.07) is 5.83. The number of carbonyl (C=O) groups is 2. The first-order valence-electron chi connectivity index (χ1n) is 10.7. The molecule has 0 spiro atoms. The summed E-state index contributed by atoms with van der Waals surface area (Å²) in [7, 11) is 2.03. The minimum absolute atomic E-state index is 0.0874. The Morgan fingerprint density at radius 3 is 1.93 bits per heavy atom. The summed E-state index contributed by atoms with van der Waals surface area (Å²) < 4.78 is 11.1. The van der Waals surface area contributed by atoms with Gasteiger partial charge in [-0.2, -0.15) is 0 Å². The molecule has 0 atom stereocenters. The zero-order chi connectivity index (χ0) is 21.4. The second-order valence-corrected chi connectivity index (χ2v) is 10.7. The van der Waals surface area contributed by atoms with Crippen LogP contribution in [0.1, 0.15) is 64.9 Å². The Hall–Kier alpha value is -2.56. The van der Waals surface area contributed by atoms with Gasteiger partial charge >= 0.3 is 0 Å². The molecule has 5 rings (SSSR count). The Labute approximate surface area is 177 Å². The van der Waals surface area contributed by atoms with Gasteiger partial charge in [-0.3, -0.25) is 9.59 Å². The fourth-order valence-electron chi connectivity index (χ4n) is 5.59. The highest BCUT2D eigenvalue weighted by Crippen LogP contribution is 2.54. The Morgan fingerprint density at radius 1 is 0.833 bits per heavy atom. The van der Waals surface area contributed by atoms with E-state index in [0.717, 1.165) is 40.9 Å². The molecule has 0 N–H and O–H groups in total. The van der Waals surface area contributed by atoms with Crippen molar-refractivity contribution in [1.82, 2.24) is 4.90 Å². The van der Waals surface area contributed by atoms with Gasteiger partial charge in [-0.25, -0.2) is 0 Å². The van der Waals surface area contributed by atoms with Crippen LogP contribution in [0.25, 0.3) is 0 Å². The van der Waals surface area contributed by atoms with Crippen LogP contribution in [0, 0.1) is 10.8 Å². The minimum Gasteiger partial charge on any atom is -0.454 e. The average molecular weight is 408 g/mol. The van der Waals surface area contributed by atoms with Crippen molar-refractivity contribution >= 4 is 11.6 Å². The summed E-state index contributed by atoms with van der Waals surface area (Å²) in [6.07, 6.45) is 2.67. The average Bonchev–Trinajstić information content (AvgIpc) is 3.09. The monoisotopic (exact) mass is 407 g/mol. The summed E-state index contributed by atoms with van der Waals surface area (Å²) in [5.74, 6) is 1.37. The third-order valence-corrected chi connectivity index (χ3v) is 6.91. The number of benzene rings is 1. The molecule has 0 radical (unpaired) electrons. The van der Waals surface area contributed by atoms with E-state index in [2.05, 4.69) is 32.6 Å². The van der Waals surface area contributed by atoms with Gasteiger partial charge in [-0.05, 0) is 41.4 Å². The molecule has 1 aromatic carbocycles. The van der Waals surface area contributed by atoms with Crippen molar-refractivity contribution in [2.75, 3.05) is 13.8 Å². The van der Waals surface area contributed by atoms with Crippen LogP contribution < -0.4 is 9.47 Å². The number of Topliss-reactive ketones (excluding diaryl/α,β-unsaturated/α-hetero) is 2. The largest absolute Gasteiger partial charge is 0.454 e. The highest BCUT2D eigenvalue weighted by atomic mass is 16.7. The summed E-state index contributed by atoms with van der Waals surface area (Å²) in [5.41, 5.74) is 4.50. The van der Waals surface area contributed by atoms with Crippen molar-refractivity contribution in [2.24, 2.45) is 10.8 Å². The van der Waals surface area contributed by atoms with Crippen LogP contribution in [0.4, 0.5) is 0 Å². The maximum Gasteiger partial charge on any atom is 0.231 e. The number of allylic oxidation sites excluding steroid dienone is 4. The number of nitrogens with zero attached hydrogens (tertiary/aromatic N) is 1. The van der Waals surface area contributed by atoms with Crippen LogP contribution in [0.3, 0.4) is 0 Å². The van der Waals surface area contributed by atoms with Crippen LogP contribution in [-0.4, -0.2) is 30.3 Å². The molecule has 5 nitrogen and oxygen atoms in total. The van der Waals surface area contributed by atoms with Crippen molar-refractivity contribution in [3.8, 4) is 11.5 Å². The molecule has 5 heteroatoms. The standard InChI is InChI=1S/C25H29NO4/c1-24(2)9-15-22(17(27)11-24)21(14-6-7-19-20(8-14)30-13-29-19)23-16(26(15)5)10-25(3,4)12-18(23)28/h6-8,21H,9-13H2,1-5H3. The highest BCUT2D eigenvalue weighted by Gasteiger charge is 2.48. The zero-order valence-electron chi connectivity index (χ0n) is 18.4. The van der Waals surface area contributed by atoms with Crippen molar-refractivity contribution in [2.45, 2.75) is 59.3 Å². The maximum absolute atomic E-state index is 13.4. The fourth-order valence-corrected chi connectivity index (χ4v) is 5.59. The van der Waals surface area contributed by atoms with E-state index in [1.165, 1.54) is 0 Å². The van der Waals surface area contributed by atoms with Crippen LogP contribution in [0.2, 0.25) is 0 Å². The second kappa shape index (κ2) is 6.22. The SMILES string of the molecule is CN1C2=C(C(=O)CC(C)(C)C2)C(c2ccc3c(c2)OCO3)C2=C1CC(C)(C)CC2=O. The topological polar surface area (TPSA) is 55.8 Å². The Balaban J connectivity index is 1.73. The van der Waals surface area contributed by atoms with Crippen molar-refractivity contribution in [3.05, 3.63) is 46.3 Å². The van der Waals surface area contributed by atoms with E-state index in [0.29, 0.717) is 24.3 Å². The first kappa shape index (κ1) is 19.4. The Morgan fingerprint density at radius 2 is 1.37 bits per heavy atom. The quantitative estimate of drug-likeness (QED) is 0.674. The third kappa shape index (κ3) is 2.90. The van der Waals surface area contributed by atoms with E-state index in [1.807, 2.05) is 25.2 Å². The lowest BCUT2D eigenvalue weighted by molar-refractivity contribution is -0.119. The molecule has 30 heavy (non-hydrogen) atoms. The molecule has 0 fully saturated rings. The molecule has 2 aliphatic carbocycles. The van der Waals surface area contributed by atoms with Gasteiger partial charge in [0, 0.05) is 48.3 Å². The van der Waals surface area contributed by atoms with Crippen LogP contribution in [0.5, 0.6) is 11.5 Å². The molecule has 4 aliphatic rings. The van der Waals surface area contributed by atoms with Gasteiger partial charge in [-0.1, -0.05) is 33.8 Å². The number of hydrogen-bond acceptors (Lipinski definition) is 5. The minimum atomic E-state index is -0.326. The number of hydrogen-bond donors (Lipinski definition) is 0. The van der Waals surface area contributed by atoms with Gasteiger partial charge in [0.1, 0.15) is 0 Å². The molecule has 0 unspecified atom stereocenters. The summed E-state index contributed by atoms with van der Waals surface area (Å²) in [6.45, 7) is 8.81. The molecular weight excluding hydrogens is 378 g/mol. The molecule has 0 saturated carbocycles. The molecule has 0 amide bonds. The van der Waals surface area contributed by atoms with Crippen molar-refractivity contribution in [3.63, 3.8) is 0 Å². The number of ketones is 2. The highest BCUT2D eigenvalue weighted by molar-refractivity contribution is 6.06. The van der Waals surface area contributed by atoms with Crippen LogP contribution in [0.15, 0.2) is 40.7 Å². The molecule has 0 aromatic heterocycles.